The first-order valence-corrected chi connectivity index (χ1v) is 12.4. The van der Waals surface area contributed by atoms with Crippen LogP contribution in [-0.4, -0.2) is 50.9 Å². The van der Waals surface area contributed by atoms with Crippen molar-refractivity contribution in [3.63, 3.8) is 0 Å². The van der Waals surface area contributed by atoms with Crippen LogP contribution in [0.3, 0.4) is 0 Å². The van der Waals surface area contributed by atoms with Crippen LogP contribution in [0.15, 0.2) is 66.7 Å². The summed E-state index contributed by atoms with van der Waals surface area (Å²) in [5, 5.41) is 5.54. The molecule has 0 aliphatic carbocycles. The molecular formula is C30H34N2O7. The number of hydrogen-bond acceptors (Lipinski definition) is 7. The molecule has 0 atom stereocenters. The van der Waals surface area contributed by atoms with E-state index in [0.29, 0.717) is 28.3 Å². The highest BCUT2D eigenvalue weighted by atomic mass is 16.6. The Balaban J connectivity index is 1.60. The third kappa shape index (κ3) is 8.77. The molecule has 2 N–H and O–H groups in total. The molecule has 0 fully saturated rings. The maximum absolute atomic E-state index is 12.8. The summed E-state index contributed by atoms with van der Waals surface area (Å²) < 4.78 is 21.2. The van der Waals surface area contributed by atoms with Gasteiger partial charge >= 0.3 is 12.1 Å². The van der Waals surface area contributed by atoms with Gasteiger partial charge in [0.2, 0.25) is 5.91 Å². The molecule has 0 spiro atoms. The number of carbonyl (C=O) groups excluding carboxylic acids is 3. The van der Waals surface area contributed by atoms with E-state index < -0.39 is 17.7 Å². The minimum absolute atomic E-state index is 0.111. The van der Waals surface area contributed by atoms with Gasteiger partial charge < -0.3 is 29.6 Å². The van der Waals surface area contributed by atoms with Gasteiger partial charge in [0.05, 0.1) is 32.7 Å². The largest absolute Gasteiger partial charge is 0.493 e. The summed E-state index contributed by atoms with van der Waals surface area (Å²) in [5.74, 6) is 0.315. The van der Waals surface area contributed by atoms with E-state index in [-0.39, 0.29) is 25.5 Å². The second-order valence-electron chi connectivity index (χ2n) is 9.61. The standard InChI is InChI=1S/C30H34N2O7/c1-30(2,3)39-29(35)31-15-16-38-25-14-13-20(17-26(25)36-4)18-27(33)32-22-10-8-9-21(19-22)23-11-6-7-12-24(23)28(34)37-5/h6-14,17,19H,15-16,18H2,1-5H3,(H,31,35)(H,32,33). The molecule has 3 rings (SSSR count). The van der Waals surface area contributed by atoms with Crippen LogP contribution < -0.4 is 20.1 Å². The number of rotatable bonds is 10. The average Bonchev–Trinajstić information content (AvgIpc) is 2.90. The number of esters is 1. The molecule has 9 nitrogen and oxygen atoms in total. The number of anilines is 1. The molecule has 0 aromatic heterocycles. The molecule has 0 saturated heterocycles. The first-order valence-electron chi connectivity index (χ1n) is 12.4. The molecule has 3 aromatic carbocycles. The minimum atomic E-state index is -0.574. The lowest BCUT2D eigenvalue weighted by atomic mass is 9.99. The van der Waals surface area contributed by atoms with Crippen LogP contribution in [0.25, 0.3) is 11.1 Å². The normalized spacial score (nSPS) is 10.8. The monoisotopic (exact) mass is 534 g/mol. The van der Waals surface area contributed by atoms with Crippen molar-refractivity contribution in [3.8, 4) is 22.6 Å². The second-order valence-corrected chi connectivity index (χ2v) is 9.61. The van der Waals surface area contributed by atoms with Crippen LogP contribution in [0, 0.1) is 0 Å². The van der Waals surface area contributed by atoms with E-state index in [1.807, 2.05) is 30.3 Å². The van der Waals surface area contributed by atoms with Gasteiger partial charge in [-0.2, -0.15) is 0 Å². The average molecular weight is 535 g/mol. The van der Waals surface area contributed by atoms with Crippen molar-refractivity contribution in [2.24, 2.45) is 0 Å². The molecule has 9 heteroatoms. The van der Waals surface area contributed by atoms with E-state index >= 15 is 0 Å². The zero-order chi connectivity index (χ0) is 28.4. The van der Waals surface area contributed by atoms with Gasteiger partial charge in [0, 0.05) is 5.69 Å². The lowest BCUT2D eigenvalue weighted by Gasteiger charge is -2.19. The Hall–Kier alpha value is -4.53. The van der Waals surface area contributed by atoms with Crippen LogP contribution in [0.4, 0.5) is 10.5 Å². The minimum Gasteiger partial charge on any atom is -0.493 e. The highest BCUT2D eigenvalue weighted by molar-refractivity contribution is 5.98. The summed E-state index contributed by atoms with van der Waals surface area (Å²) in [5.41, 5.74) is 2.69. The molecule has 0 aliphatic heterocycles. The number of methoxy groups -OCH3 is 2. The van der Waals surface area contributed by atoms with Gasteiger partial charge in [-0.3, -0.25) is 4.79 Å². The fourth-order valence-electron chi connectivity index (χ4n) is 3.75. The number of ether oxygens (including phenoxy) is 4. The molecular weight excluding hydrogens is 500 g/mol. The fourth-order valence-corrected chi connectivity index (χ4v) is 3.75. The van der Waals surface area contributed by atoms with E-state index in [4.69, 9.17) is 18.9 Å². The van der Waals surface area contributed by atoms with Crippen molar-refractivity contribution in [1.29, 1.82) is 0 Å². The van der Waals surface area contributed by atoms with E-state index in [1.54, 1.807) is 57.2 Å². The highest BCUT2D eigenvalue weighted by Gasteiger charge is 2.16. The molecule has 0 unspecified atom stereocenters. The first-order chi connectivity index (χ1) is 18.6. The van der Waals surface area contributed by atoms with E-state index in [0.717, 1.165) is 11.1 Å². The van der Waals surface area contributed by atoms with Crippen molar-refractivity contribution in [2.45, 2.75) is 32.8 Å². The summed E-state index contributed by atoms with van der Waals surface area (Å²) in [6, 6.07) is 19.6. The molecule has 0 aliphatic rings. The SMILES string of the molecule is COC(=O)c1ccccc1-c1cccc(NC(=O)Cc2ccc(OCCNC(=O)OC(C)(C)C)c(OC)c2)c1. The predicted octanol–water partition coefficient (Wildman–Crippen LogP) is 5.23. The molecule has 206 valence electrons. The van der Waals surface area contributed by atoms with Crippen LogP contribution >= 0.6 is 0 Å². The second kappa shape index (κ2) is 13.3. The number of carbonyl (C=O) groups is 3. The van der Waals surface area contributed by atoms with Gasteiger partial charge in [0.1, 0.15) is 12.2 Å². The van der Waals surface area contributed by atoms with Crippen LogP contribution in [-0.2, 0) is 20.7 Å². The van der Waals surface area contributed by atoms with Crippen molar-refractivity contribution < 1.29 is 33.3 Å². The van der Waals surface area contributed by atoms with Crippen molar-refractivity contribution >= 4 is 23.7 Å². The molecule has 0 radical (unpaired) electrons. The first kappa shape index (κ1) is 29.0. The lowest BCUT2D eigenvalue weighted by molar-refractivity contribution is -0.115. The zero-order valence-corrected chi connectivity index (χ0v) is 22.8. The number of alkyl carbamates (subject to hydrolysis) is 1. The molecule has 0 heterocycles. The van der Waals surface area contributed by atoms with Crippen LogP contribution in [0.5, 0.6) is 11.5 Å². The topological polar surface area (TPSA) is 112 Å². The van der Waals surface area contributed by atoms with Gasteiger partial charge in [-0.05, 0) is 67.8 Å². The third-order valence-electron chi connectivity index (χ3n) is 5.41. The van der Waals surface area contributed by atoms with Gasteiger partial charge in [-0.1, -0.05) is 36.4 Å². The Bertz CT molecular complexity index is 1310. The summed E-state index contributed by atoms with van der Waals surface area (Å²) in [6.45, 7) is 5.84. The van der Waals surface area contributed by atoms with Gasteiger partial charge in [0.25, 0.3) is 0 Å². The summed E-state index contributed by atoms with van der Waals surface area (Å²) in [4.78, 5) is 36.7. The quantitative estimate of drug-likeness (QED) is 0.270. The highest BCUT2D eigenvalue weighted by Crippen LogP contribution is 2.29. The van der Waals surface area contributed by atoms with E-state index in [2.05, 4.69) is 10.6 Å². The molecule has 39 heavy (non-hydrogen) atoms. The number of nitrogens with one attached hydrogen (secondary N) is 2. The molecule has 3 aromatic rings. The Morgan fingerprint density at radius 3 is 2.36 bits per heavy atom. The van der Waals surface area contributed by atoms with Crippen LogP contribution in [0.1, 0.15) is 36.7 Å². The maximum atomic E-state index is 12.8. The Kier molecular flexibility index (Phi) is 9.92. The van der Waals surface area contributed by atoms with Crippen molar-refractivity contribution in [3.05, 3.63) is 77.9 Å². The lowest BCUT2D eigenvalue weighted by Crippen LogP contribution is -2.34. The molecule has 0 saturated carbocycles. The maximum Gasteiger partial charge on any atom is 0.407 e. The predicted molar refractivity (Wildman–Crippen MR) is 148 cm³/mol. The number of benzene rings is 3. The van der Waals surface area contributed by atoms with Crippen molar-refractivity contribution in [2.75, 3.05) is 32.7 Å². The van der Waals surface area contributed by atoms with E-state index in [9.17, 15) is 14.4 Å². The number of hydrogen-bond donors (Lipinski definition) is 2. The van der Waals surface area contributed by atoms with Crippen LogP contribution in [0.2, 0.25) is 0 Å². The Morgan fingerprint density at radius 1 is 0.872 bits per heavy atom. The molecule has 2 amide bonds. The zero-order valence-electron chi connectivity index (χ0n) is 22.8. The van der Waals surface area contributed by atoms with Gasteiger partial charge in [0.15, 0.2) is 11.5 Å². The van der Waals surface area contributed by atoms with Gasteiger partial charge in [-0.25, -0.2) is 9.59 Å². The summed E-state index contributed by atoms with van der Waals surface area (Å²) in [6.07, 6.45) is -0.405. The van der Waals surface area contributed by atoms with Crippen molar-refractivity contribution in [1.82, 2.24) is 5.32 Å². The summed E-state index contributed by atoms with van der Waals surface area (Å²) in [7, 11) is 2.86. The van der Waals surface area contributed by atoms with E-state index in [1.165, 1.54) is 14.2 Å². The number of amides is 2. The Labute approximate surface area is 228 Å². The Morgan fingerprint density at radius 2 is 1.64 bits per heavy atom. The fraction of sp³-hybridized carbons (Fsp3) is 0.300. The molecule has 0 bridgehead atoms. The smallest absolute Gasteiger partial charge is 0.407 e. The van der Waals surface area contributed by atoms with Gasteiger partial charge in [-0.15, -0.1) is 0 Å². The third-order valence-corrected chi connectivity index (χ3v) is 5.41. The summed E-state index contributed by atoms with van der Waals surface area (Å²) >= 11 is 0.